The summed E-state index contributed by atoms with van der Waals surface area (Å²) in [6.07, 6.45) is -3.16. The third-order valence-corrected chi connectivity index (χ3v) is 2.25. The first kappa shape index (κ1) is 12.3. The van der Waals surface area contributed by atoms with Crippen molar-refractivity contribution in [1.29, 1.82) is 0 Å². The molecule has 0 bridgehead atoms. The van der Waals surface area contributed by atoms with Gasteiger partial charge in [0.05, 0.1) is 17.3 Å². The van der Waals surface area contributed by atoms with Crippen molar-refractivity contribution in [2.75, 3.05) is 5.73 Å². The van der Waals surface area contributed by atoms with Crippen LogP contribution in [0.15, 0.2) is 35.0 Å². The lowest BCUT2D eigenvalue weighted by Crippen LogP contribution is -2.08. The maximum absolute atomic E-state index is 12.7. The predicted molar refractivity (Wildman–Crippen MR) is 56.7 cm³/mol. The lowest BCUT2D eigenvalue weighted by atomic mass is 10.2. The Morgan fingerprint density at radius 2 is 2.00 bits per heavy atom. The predicted octanol–water partition coefficient (Wildman–Crippen LogP) is 2.85. The first-order valence-electron chi connectivity index (χ1n) is 4.96. The van der Waals surface area contributed by atoms with Crippen LogP contribution in [0, 0.1) is 0 Å². The number of hydrogen-bond donors (Lipinski definition) is 1. The van der Waals surface area contributed by atoms with Crippen molar-refractivity contribution < 1.29 is 22.4 Å². The number of benzene rings is 1. The number of rotatable bonds is 3. The van der Waals surface area contributed by atoms with Crippen molar-refractivity contribution in [3.05, 3.63) is 41.6 Å². The topological polar surface area (TPSA) is 61.3 Å². The van der Waals surface area contributed by atoms with Gasteiger partial charge in [0, 0.05) is 0 Å². The molecule has 0 saturated carbocycles. The first-order chi connectivity index (χ1) is 8.48. The Balaban J connectivity index is 2.17. The van der Waals surface area contributed by atoms with Gasteiger partial charge < -0.3 is 15.0 Å². The van der Waals surface area contributed by atoms with Crippen LogP contribution < -0.4 is 10.5 Å². The summed E-state index contributed by atoms with van der Waals surface area (Å²) in [6, 6.07) is 4.95. The zero-order valence-electron chi connectivity index (χ0n) is 9.07. The largest absolute Gasteiger partial charge is 0.488 e. The molecule has 0 unspecified atom stereocenters. The van der Waals surface area contributed by atoms with Crippen molar-refractivity contribution in [2.24, 2.45) is 0 Å². The quantitative estimate of drug-likeness (QED) is 0.919. The molecule has 2 aromatic rings. The van der Waals surface area contributed by atoms with Gasteiger partial charge in [-0.1, -0.05) is 17.3 Å². The summed E-state index contributed by atoms with van der Waals surface area (Å²) in [4.78, 5) is 0. The highest BCUT2D eigenvalue weighted by Gasteiger charge is 2.34. The molecule has 0 aliphatic heterocycles. The lowest BCUT2D eigenvalue weighted by molar-refractivity contribution is -0.139. The fraction of sp³-hybridized carbons (Fsp3) is 0.182. The highest BCUT2D eigenvalue weighted by molar-refractivity contribution is 5.37. The number of para-hydroxylation sites is 1. The Bertz CT molecular complexity index is 537. The molecular formula is C11H9F3N2O2. The van der Waals surface area contributed by atoms with E-state index in [1.807, 2.05) is 0 Å². The number of alkyl halides is 3. The molecule has 0 spiro atoms. The molecule has 0 atom stereocenters. The number of nitrogens with two attached hydrogens (primary N) is 1. The van der Waals surface area contributed by atoms with E-state index >= 15 is 0 Å². The molecule has 18 heavy (non-hydrogen) atoms. The molecule has 4 nitrogen and oxygen atoms in total. The number of nitrogen functional groups attached to an aromatic ring is 1. The Labute approximate surface area is 100 Å². The summed E-state index contributed by atoms with van der Waals surface area (Å²) >= 11 is 0. The zero-order chi connectivity index (χ0) is 13.2. The first-order valence-corrected chi connectivity index (χ1v) is 4.96. The average molecular weight is 258 g/mol. The fourth-order valence-corrected chi connectivity index (χ4v) is 1.36. The third kappa shape index (κ3) is 2.55. The molecule has 0 saturated heterocycles. The van der Waals surface area contributed by atoms with E-state index in [0.29, 0.717) is 5.56 Å². The molecule has 2 rings (SSSR count). The van der Waals surface area contributed by atoms with E-state index in [1.165, 1.54) is 24.4 Å². The number of hydrogen-bond acceptors (Lipinski definition) is 4. The molecular weight excluding hydrogens is 249 g/mol. The van der Waals surface area contributed by atoms with Gasteiger partial charge in [-0.15, -0.1) is 0 Å². The van der Waals surface area contributed by atoms with Crippen LogP contribution in [0.4, 0.5) is 19.1 Å². The van der Waals surface area contributed by atoms with Gasteiger partial charge in [0.2, 0.25) is 5.88 Å². The van der Waals surface area contributed by atoms with E-state index in [1.54, 1.807) is 0 Å². The van der Waals surface area contributed by atoms with Crippen LogP contribution in [0.5, 0.6) is 5.75 Å². The van der Waals surface area contributed by atoms with Crippen molar-refractivity contribution in [3.8, 4) is 5.75 Å². The molecule has 2 N–H and O–H groups in total. The molecule has 96 valence electrons. The maximum Gasteiger partial charge on any atom is 0.419 e. The molecule has 1 heterocycles. The maximum atomic E-state index is 12.7. The van der Waals surface area contributed by atoms with Gasteiger partial charge in [0.25, 0.3) is 0 Å². The van der Waals surface area contributed by atoms with Gasteiger partial charge in [-0.3, -0.25) is 0 Å². The lowest BCUT2D eigenvalue weighted by Gasteiger charge is -2.12. The van der Waals surface area contributed by atoms with Gasteiger partial charge in [0.15, 0.2) is 0 Å². The highest BCUT2D eigenvalue weighted by Crippen LogP contribution is 2.36. The van der Waals surface area contributed by atoms with Crippen molar-refractivity contribution in [2.45, 2.75) is 12.8 Å². The van der Waals surface area contributed by atoms with Gasteiger partial charge >= 0.3 is 6.18 Å². The molecule has 1 aromatic carbocycles. The van der Waals surface area contributed by atoms with E-state index in [-0.39, 0.29) is 18.2 Å². The second-order valence-corrected chi connectivity index (χ2v) is 3.50. The number of ether oxygens (including phenoxy) is 1. The van der Waals surface area contributed by atoms with Gasteiger partial charge in [-0.05, 0) is 12.1 Å². The SMILES string of the molecule is Nc1oncc1COc1ccccc1C(F)(F)F. The van der Waals surface area contributed by atoms with Crippen LogP contribution in [-0.2, 0) is 12.8 Å². The summed E-state index contributed by atoms with van der Waals surface area (Å²) in [5, 5.41) is 3.40. The van der Waals surface area contributed by atoms with Crippen molar-refractivity contribution in [1.82, 2.24) is 5.16 Å². The smallest absolute Gasteiger partial charge is 0.419 e. The highest BCUT2D eigenvalue weighted by atomic mass is 19.4. The van der Waals surface area contributed by atoms with E-state index in [9.17, 15) is 13.2 Å². The second kappa shape index (κ2) is 4.59. The van der Waals surface area contributed by atoms with Crippen molar-refractivity contribution in [3.63, 3.8) is 0 Å². The normalized spacial score (nSPS) is 11.5. The minimum atomic E-state index is -4.46. The Hall–Kier alpha value is -2.18. The monoisotopic (exact) mass is 258 g/mol. The summed E-state index contributed by atoms with van der Waals surface area (Å²) < 4.78 is 47.6. The fourth-order valence-electron chi connectivity index (χ4n) is 1.36. The summed E-state index contributed by atoms with van der Waals surface area (Å²) in [5.41, 5.74) is 4.96. The zero-order valence-corrected chi connectivity index (χ0v) is 9.07. The second-order valence-electron chi connectivity index (χ2n) is 3.50. The van der Waals surface area contributed by atoms with Crippen molar-refractivity contribution >= 4 is 5.88 Å². The van der Waals surface area contributed by atoms with Crippen LogP contribution in [0.2, 0.25) is 0 Å². The molecule has 1 aromatic heterocycles. The van der Waals surface area contributed by atoms with Crippen LogP contribution in [0.1, 0.15) is 11.1 Å². The molecule has 0 aliphatic carbocycles. The van der Waals surface area contributed by atoms with Crippen LogP contribution in [0.25, 0.3) is 0 Å². The number of halogens is 3. The summed E-state index contributed by atoms with van der Waals surface area (Å²) in [5.74, 6) is -0.231. The Morgan fingerprint density at radius 1 is 1.28 bits per heavy atom. The summed E-state index contributed by atoms with van der Waals surface area (Å²) in [6.45, 7) is -0.136. The van der Waals surface area contributed by atoms with Gasteiger partial charge in [0.1, 0.15) is 12.4 Å². The minimum Gasteiger partial charge on any atom is -0.488 e. The van der Waals surface area contributed by atoms with E-state index in [0.717, 1.165) is 6.07 Å². The van der Waals surface area contributed by atoms with Gasteiger partial charge in [-0.25, -0.2) is 0 Å². The average Bonchev–Trinajstić information content (AvgIpc) is 2.71. The Morgan fingerprint density at radius 3 is 2.61 bits per heavy atom. The third-order valence-electron chi connectivity index (χ3n) is 2.25. The summed E-state index contributed by atoms with van der Waals surface area (Å²) in [7, 11) is 0. The number of aromatic nitrogens is 1. The van der Waals surface area contributed by atoms with E-state index in [2.05, 4.69) is 9.68 Å². The number of anilines is 1. The Kier molecular flexibility index (Phi) is 3.14. The van der Waals surface area contributed by atoms with E-state index in [4.69, 9.17) is 10.5 Å². The molecule has 0 aliphatic rings. The van der Waals surface area contributed by atoms with Crippen LogP contribution in [-0.4, -0.2) is 5.16 Å². The van der Waals surface area contributed by atoms with E-state index < -0.39 is 11.7 Å². The molecule has 0 fully saturated rings. The van der Waals surface area contributed by atoms with Gasteiger partial charge in [-0.2, -0.15) is 13.2 Å². The molecule has 0 amide bonds. The van der Waals surface area contributed by atoms with Crippen LogP contribution in [0.3, 0.4) is 0 Å². The molecule has 7 heteroatoms. The minimum absolute atomic E-state index is 0.0273. The molecule has 0 radical (unpaired) electrons. The standard InChI is InChI=1S/C11H9F3N2O2/c12-11(13,14)8-3-1-2-4-9(8)17-6-7-5-16-18-10(7)15/h1-5H,6,15H2. The number of nitrogens with zero attached hydrogens (tertiary/aromatic N) is 1. The van der Waals surface area contributed by atoms with Crippen LogP contribution >= 0.6 is 0 Å².